The predicted molar refractivity (Wildman–Crippen MR) is 88.6 cm³/mol. The molecule has 0 saturated heterocycles. The summed E-state index contributed by atoms with van der Waals surface area (Å²) in [5, 5.41) is 7.07. The number of thiophene rings is 1. The average Bonchev–Trinajstić information content (AvgIpc) is 2.95. The molecule has 2 N–H and O–H groups in total. The SMILES string of the molecule is COC(=O)NC(=O)c1ccsc1NC(=O)c1ccc(Cl)cc1Cl. The van der Waals surface area contributed by atoms with E-state index in [1.54, 1.807) is 5.38 Å². The maximum Gasteiger partial charge on any atom is 0.413 e. The topological polar surface area (TPSA) is 84.5 Å². The van der Waals surface area contributed by atoms with Crippen LogP contribution in [-0.2, 0) is 4.74 Å². The average molecular weight is 373 g/mol. The minimum absolute atomic E-state index is 0.138. The van der Waals surface area contributed by atoms with E-state index in [-0.39, 0.29) is 21.2 Å². The van der Waals surface area contributed by atoms with Crippen molar-refractivity contribution in [3.63, 3.8) is 0 Å². The van der Waals surface area contributed by atoms with Crippen LogP contribution in [0.15, 0.2) is 29.6 Å². The molecule has 2 aromatic rings. The third-order valence-corrected chi connectivity index (χ3v) is 4.09. The van der Waals surface area contributed by atoms with Crippen molar-refractivity contribution in [2.75, 3.05) is 12.4 Å². The number of amides is 3. The van der Waals surface area contributed by atoms with Crippen molar-refractivity contribution in [3.05, 3.63) is 50.8 Å². The molecule has 0 aliphatic rings. The van der Waals surface area contributed by atoms with Crippen LogP contribution in [-0.4, -0.2) is 25.0 Å². The highest BCUT2D eigenvalue weighted by Crippen LogP contribution is 2.26. The lowest BCUT2D eigenvalue weighted by Crippen LogP contribution is -2.30. The van der Waals surface area contributed by atoms with Gasteiger partial charge in [0.25, 0.3) is 11.8 Å². The summed E-state index contributed by atoms with van der Waals surface area (Å²) in [7, 11) is 1.14. The first kappa shape index (κ1) is 17.3. The number of methoxy groups -OCH3 is 1. The first-order valence-corrected chi connectivity index (χ1v) is 7.79. The molecule has 0 aliphatic heterocycles. The van der Waals surface area contributed by atoms with Crippen molar-refractivity contribution in [1.82, 2.24) is 5.32 Å². The van der Waals surface area contributed by atoms with Crippen molar-refractivity contribution >= 4 is 57.4 Å². The predicted octanol–water partition coefficient (Wildman–Crippen LogP) is 3.80. The van der Waals surface area contributed by atoms with Gasteiger partial charge in [-0.1, -0.05) is 23.2 Å². The number of imide groups is 1. The van der Waals surface area contributed by atoms with Gasteiger partial charge in [0.15, 0.2) is 0 Å². The molecular formula is C14H10Cl2N2O4S. The Morgan fingerprint density at radius 1 is 1.09 bits per heavy atom. The normalized spacial score (nSPS) is 10.0. The molecule has 23 heavy (non-hydrogen) atoms. The van der Waals surface area contributed by atoms with E-state index in [1.165, 1.54) is 24.3 Å². The number of hydrogen-bond donors (Lipinski definition) is 2. The zero-order valence-corrected chi connectivity index (χ0v) is 14.0. The Hall–Kier alpha value is -2.09. The van der Waals surface area contributed by atoms with Crippen LogP contribution in [0.5, 0.6) is 0 Å². The maximum atomic E-state index is 12.2. The molecule has 120 valence electrons. The molecule has 3 amide bonds. The maximum absolute atomic E-state index is 12.2. The van der Waals surface area contributed by atoms with Crippen molar-refractivity contribution in [2.24, 2.45) is 0 Å². The Morgan fingerprint density at radius 3 is 2.48 bits per heavy atom. The van der Waals surface area contributed by atoms with Gasteiger partial charge in [0, 0.05) is 5.02 Å². The summed E-state index contributed by atoms with van der Waals surface area (Å²) in [5.74, 6) is -1.18. The molecule has 0 atom stereocenters. The fourth-order valence-electron chi connectivity index (χ4n) is 1.64. The second kappa shape index (κ2) is 7.45. The second-order valence-electron chi connectivity index (χ2n) is 4.19. The number of hydrogen-bond acceptors (Lipinski definition) is 5. The quantitative estimate of drug-likeness (QED) is 0.857. The van der Waals surface area contributed by atoms with Crippen molar-refractivity contribution in [2.45, 2.75) is 0 Å². The molecule has 1 aromatic heterocycles. The lowest BCUT2D eigenvalue weighted by Gasteiger charge is -2.08. The third kappa shape index (κ3) is 4.22. The lowest BCUT2D eigenvalue weighted by molar-refractivity contribution is 0.0938. The molecule has 6 nitrogen and oxygen atoms in total. The summed E-state index contributed by atoms with van der Waals surface area (Å²) < 4.78 is 4.35. The van der Waals surface area contributed by atoms with E-state index in [0.717, 1.165) is 18.4 Å². The van der Waals surface area contributed by atoms with Gasteiger partial charge in [-0.25, -0.2) is 4.79 Å². The summed E-state index contributed by atoms with van der Waals surface area (Å²) in [6, 6.07) is 5.92. The van der Waals surface area contributed by atoms with Gasteiger partial charge in [-0.05, 0) is 29.6 Å². The number of carbonyl (C=O) groups is 3. The molecule has 0 fully saturated rings. The van der Waals surface area contributed by atoms with E-state index in [0.29, 0.717) is 5.02 Å². The number of rotatable bonds is 3. The number of benzene rings is 1. The largest absolute Gasteiger partial charge is 0.453 e. The number of alkyl carbamates (subject to hydrolysis) is 1. The van der Waals surface area contributed by atoms with E-state index < -0.39 is 17.9 Å². The smallest absolute Gasteiger partial charge is 0.413 e. The summed E-state index contributed by atoms with van der Waals surface area (Å²) >= 11 is 12.9. The number of carbonyl (C=O) groups excluding carboxylic acids is 3. The Labute approximate surface area is 145 Å². The molecule has 9 heteroatoms. The van der Waals surface area contributed by atoms with Crippen LogP contribution in [0.3, 0.4) is 0 Å². The second-order valence-corrected chi connectivity index (χ2v) is 5.95. The van der Waals surface area contributed by atoms with Gasteiger partial charge in [-0.3, -0.25) is 14.9 Å². The fraction of sp³-hybridized carbons (Fsp3) is 0.0714. The molecule has 0 radical (unpaired) electrons. The highest BCUT2D eigenvalue weighted by atomic mass is 35.5. The summed E-state index contributed by atoms with van der Waals surface area (Å²) in [5.41, 5.74) is 0.350. The van der Waals surface area contributed by atoms with Crippen LogP contribution in [0.4, 0.5) is 9.80 Å². The van der Waals surface area contributed by atoms with Gasteiger partial charge in [-0.2, -0.15) is 0 Å². The summed E-state index contributed by atoms with van der Waals surface area (Å²) in [6.07, 6.45) is -0.890. The molecule has 0 spiro atoms. The monoisotopic (exact) mass is 372 g/mol. The van der Waals surface area contributed by atoms with E-state index in [2.05, 4.69) is 10.1 Å². The van der Waals surface area contributed by atoms with E-state index >= 15 is 0 Å². The summed E-state index contributed by atoms with van der Waals surface area (Å²) in [6.45, 7) is 0. The van der Waals surface area contributed by atoms with Crippen LogP contribution in [0.25, 0.3) is 0 Å². The van der Waals surface area contributed by atoms with Gasteiger partial charge >= 0.3 is 6.09 Å². The standard InChI is InChI=1S/C14H10Cl2N2O4S/c1-22-14(21)18-12(20)9-4-5-23-13(9)17-11(19)8-3-2-7(15)6-10(8)16/h2-6H,1H3,(H,17,19)(H,18,20,21). The van der Waals surface area contributed by atoms with Gasteiger partial charge in [-0.15, -0.1) is 11.3 Å². The van der Waals surface area contributed by atoms with E-state index in [4.69, 9.17) is 23.2 Å². The van der Waals surface area contributed by atoms with Crippen LogP contribution >= 0.6 is 34.5 Å². The Balaban J connectivity index is 2.18. The number of anilines is 1. The van der Waals surface area contributed by atoms with Crippen LogP contribution in [0.1, 0.15) is 20.7 Å². The first-order chi connectivity index (χ1) is 10.9. The molecular weight excluding hydrogens is 363 g/mol. The van der Waals surface area contributed by atoms with Crippen LogP contribution in [0, 0.1) is 0 Å². The molecule has 0 unspecified atom stereocenters. The zero-order valence-electron chi connectivity index (χ0n) is 11.7. The fourth-order valence-corrected chi connectivity index (χ4v) is 2.91. The molecule has 0 aliphatic carbocycles. The Morgan fingerprint density at radius 2 is 1.83 bits per heavy atom. The Bertz CT molecular complexity index is 776. The number of halogens is 2. The minimum atomic E-state index is -0.890. The highest BCUT2D eigenvalue weighted by molar-refractivity contribution is 7.14. The lowest BCUT2D eigenvalue weighted by atomic mass is 10.2. The molecule has 0 saturated carbocycles. The van der Waals surface area contributed by atoms with Crippen LogP contribution in [0.2, 0.25) is 10.0 Å². The highest BCUT2D eigenvalue weighted by Gasteiger charge is 2.19. The van der Waals surface area contributed by atoms with Gasteiger partial charge in [0.1, 0.15) is 5.00 Å². The molecule has 0 bridgehead atoms. The van der Waals surface area contributed by atoms with E-state index in [1.807, 2.05) is 5.32 Å². The minimum Gasteiger partial charge on any atom is -0.453 e. The molecule has 1 heterocycles. The van der Waals surface area contributed by atoms with Crippen molar-refractivity contribution in [1.29, 1.82) is 0 Å². The Kier molecular flexibility index (Phi) is 5.59. The number of ether oxygens (including phenoxy) is 1. The van der Waals surface area contributed by atoms with Gasteiger partial charge in [0.2, 0.25) is 0 Å². The van der Waals surface area contributed by atoms with Crippen LogP contribution < -0.4 is 10.6 Å². The molecule has 1 aromatic carbocycles. The molecule has 2 rings (SSSR count). The zero-order chi connectivity index (χ0) is 17.0. The van der Waals surface area contributed by atoms with E-state index in [9.17, 15) is 14.4 Å². The van der Waals surface area contributed by atoms with Gasteiger partial charge in [0.05, 0.1) is 23.3 Å². The van der Waals surface area contributed by atoms with Gasteiger partial charge < -0.3 is 10.1 Å². The number of nitrogens with one attached hydrogen (secondary N) is 2. The van der Waals surface area contributed by atoms with Crippen molar-refractivity contribution in [3.8, 4) is 0 Å². The van der Waals surface area contributed by atoms with Crippen molar-refractivity contribution < 1.29 is 19.1 Å². The first-order valence-electron chi connectivity index (χ1n) is 6.15. The summed E-state index contributed by atoms with van der Waals surface area (Å²) in [4.78, 5) is 35.2. The third-order valence-electron chi connectivity index (χ3n) is 2.71.